The minimum atomic E-state index is -0.149. The van der Waals surface area contributed by atoms with Gasteiger partial charge < -0.3 is 10.1 Å². The lowest BCUT2D eigenvalue weighted by molar-refractivity contribution is 0.102. The molecular weight excluding hydrogens is 433 g/mol. The average Bonchev–Trinajstić information content (AvgIpc) is 2.42. The standard InChI is InChI=1S/C15H13BrINO2/c1-2-20-12-5-3-4-11(9-12)18-15(19)13-8-10(17)6-7-14(13)16/h3-9H,2H2,1H3,(H,18,19). The molecule has 104 valence electrons. The highest BCUT2D eigenvalue weighted by Gasteiger charge is 2.11. The number of carbonyl (C=O) groups excluding carboxylic acids is 1. The van der Waals surface area contributed by atoms with E-state index in [0.717, 1.165) is 13.8 Å². The summed E-state index contributed by atoms with van der Waals surface area (Å²) < 4.78 is 7.20. The molecular formula is C15H13BrINO2. The smallest absolute Gasteiger partial charge is 0.256 e. The van der Waals surface area contributed by atoms with Crippen LogP contribution in [-0.4, -0.2) is 12.5 Å². The van der Waals surface area contributed by atoms with Gasteiger partial charge in [0, 0.05) is 19.8 Å². The van der Waals surface area contributed by atoms with Crippen LogP contribution in [-0.2, 0) is 0 Å². The van der Waals surface area contributed by atoms with Crippen LogP contribution in [0.1, 0.15) is 17.3 Å². The molecule has 2 aromatic carbocycles. The number of benzene rings is 2. The molecule has 0 radical (unpaired) electrons. The van der Waals surface area contributed by atoms with Gasteiger partial charge in [-0.25, -0.2) is 0 Å². The molecule has 0 saturated heterocycles. The van der Waals surface area contributed by atoms with E-state index in [1.54, 1.807) is 0 Å². The summed E-state index contributed by atoms with van der Waals surface area (Å²) in [5.74, 6) is 0.594. The number of anilines is 1. The molecule has 0 unspecified atom stereocenters. The van der Waals surface area contributed by atoms with Crippen molar-refractivity contribution < 1.29 is 9.53 Å². The highest BCUT2D eigenvalue weighted by molar-refractivity contribution is 14.1. The molecule has 0 fully saturated rings. The highest BCUT2D eigenvalue weighted by Crippen LogP contribution is 2.22. The minimum absolute atomic E-state index is 0.149. The Morgan fingerprint density at radius 3 is 2.85 bits per heavy atom. The molecule has 0 saturated carbocycles. The lowest BCUT2D eigenvalue weighted by Crippen LogP contribution is -2.12. The zero-order chi connectivity index (χ0) is 14.5. The molecule has 3 nitrogen and oxygen atoms in total. The molecule has 0 aliphatic carbocycles. The van der Waals surface area contributed by atoms with Crippen molar-refractivity contribution in [2.45, 2.75) is 6.92 Å². The van der Waals surface area contributed by atoms with Crippen LogP contribution < -0.4 is 10.1 Å². The zero-order valence-corrected chi connectivity index (χ0v) is 14.6. The topological polar surface area (TPSA) is 38.3 Å². The quantitative estimate of drug-likeness (QED) is 0.692. The molecule has 0 aromatic heterocycles. The number of carbonyl (C=O) groups is 1. The number of hydrogen-bond acceptors (Lipinski definition) is 2. The number of halogens is 2. The Balaban J connectivity index is 2.19. The molecule has 2 aromatic rings. The van der Waals surface area contributed by atoms with Crippen molar-refractivity contribution >= 4 is 50.1 Å². The molecule has 2 rings (SSSR count). The van der Waals surface area contributed by atoms with Crippen molar-refractivity contribution in [2.75, 3.05) is 11.9 Å². The van der Waals surface area contributed by atoms with Crippen LogP contribution in [0, 0.1) is 3.57 Å². The first kappa shape index (κ1) is 15.3. The van der Waals surface area contributed by atoms with E-state index in [0.29, 0.717) is 17.9 Å². The van der Waals surface area contributed by atoms with Gasteiger partial charge in [0.25, 0.3) is 5.91 Å². The number of nitrogens with one attached hydrogen (secondary N) is 1. The van der Waals surface area contributed by atoms with Crippen LogP contribution in [0.15, 0.2) is 46.9 Å². The van der Waals surface area contributed by atoms with E-state index < -0.39 is 0 Å². The fraction of sp³-hybridized carbons (Fsp3) is 0.133. The number of hydrogen-bond donors (Lipinski definition) is 1. The molecule has 0 aliphatic heterocycles. The molecule has 0 heterocycles. The molecule has 0 atom stereocenters. The Labute approximate surface area is 140 Å². The van der Waals surface area contributed by atoms with E-state index in [2.05, 4.69) is 43.8 Å². The van der Waals surface area contributed by atoms with Crippen LogP contribution in [0.3, 0.4) is 0 Å². The first-order valence-corrected chi connectivity index (χ1v) is 7.96. The van der Waals surface area contributed by atoms with Gasteiger partial charge in [-0.1, -0.05) is 6.07 Å². The maximum Gasteiger partial charge on any atom is 0.256 e. The van der Waals surface area contributed by atoms with Crippen molar-refractivity contribution in [2.24, 2.45) is 0 Å². The number of ether oxygens (including phenoxy) is 1. The van der Waals surface area contributed by atoms with Crippen molar-refractivity contribution in [3.05, 3.63) is 56.1 Å². The van der Waals surface area contributed by atoms with Crippen LogP contribution in [0.25, 0.3) is 0 Å². The van der Waals surface area contributed by atoms with Gasteiger partial charge in [0.15, 0.2) is 0 Å². The zero-order valence-electron chi connectivity index (χ0n) is 10.8. The van der Waals surface area contributed by atoms with Gasteiger partial charge >= 0.3 is 0 Å². The Hall–Kier alpha value is -1.08. The highest BCUT2D eigenvalue weighted by atomic mass is 127. The lowest BCUT2D eigenvalue weighted by atomic mass is 10.2. The summed E-state index contributed by atoms with van der Waals surface area (Å²) in [6, 6.07) is 13.0. The second-order valence-corrected chi connectivity index (χ2v) is 6.14. The molecule has 1 amide bonds. The van der Waals surface area contributed by atoms with Crippen molar-refractivity contribution in [1.29, 1.82) is 0 Å². The van der Waals surface area contributed by atoms with Gasteiger partial charge in [-0.15, -0.1) is 0 Å². The minimum Gasteiger partial charge on any atom is -0.494 e. The molecule has 0 bridgehead atoms. The van der Waals surface area contributed by atoms with E-state index in [1.807, 2.05) is 49.4 Å². The second kappa shape index (κ2) is 7.08. The lowest BCUT2D eigenvalue weighted by Gasteiger charge is -2.09. The van der Waals surface area contributed by atoms with E-state index in [4.69, 9.17) is 4.74 Å². The van der Waals surface area contributed by atoms with E-state index in [9.17, 15) is 4.79 Å². The summed E-state index contributed by atoms with van der Waals surface area (Å²) in [4.78, 5) is 12.3. The number of rotatable bonds is 4. The van der Waals surface area contributed by atoms with Gasteiger partial charge in [0.05, 0.1) is 12.2 Å². The first-order valence-electron chi connectivity index (χ1n) is 6.09. The average molecular weight is 446 g/mol. The largest absolute Gasteiger partial charge is 0.494 e. The van der Waals surface area contributed by atoms with Gasteiger partial charge in [-0.05, 0) is 75.8 Å². The third-order valence-electron chi connectivity index (χ3n) is 2.58. The monoisotopic (exact) mass is 445 g/mol. The summed E-state index contributed by atoms with van der Waals surface area (Å²) >= 11 is 5.58. The van der Waals surface area contributed by atoms with Gasteiger partial charge in [-0.3, -0.25) is 4.79 Å². The van der Waals surface area contributed by atoms with Gasteiger partial charge in [0.2, 0.25) is 0 Å². The third kappa shape index (κ3) is 3.96. The maximum absolute atomic E-state index is 12.3. The Kier molecular flexibility index (Phi) is 5.42. The molecule has 20 heavy (non-hydrogen) atoms. The summed E-state index contributed by atoms with van der Waals surface area (Å²) in [6.07, 6.45) is 0. The van der Waals surface area contributed by atoms with Crippen molar-refractivity contribution in [1.82, 2.24) is 0 Å². The predicted octanol–water partition coefficient (Wildman–Crippen LogP) is 4.70. The second-order valence-electron chi connectivity index (χ2n) is 4.04. The molecule has 1 N–H and O–H groups in total. The van der Waals surface area contributed by atoms with Crippen LogP contribution in [0.5, 0.6) is 5.75 Å². The fourth-order valence-electron chi connectivity index (χ4n) is 1.70. The molecule has 0 spiro atoms. The normalized spacial score (nSPS) is 10.2. The van der Waals surface area contributed by atoms with Gasteiger partial charge in [-0.2, -0.15) is 0 Å². The molecule has 5 heteroatoms. The van der Waals surface area contributed by atoms with Gasteiger partial charge in [0.1, 0.15) is 5.75 Å². The maximum atomic E-state index is 12.3. The van der Waals surface area contributed by atoms with E-state index >= 15 is 0 Å². The van der Waals surface area contributed by atoms with E-state index in [-0.39, 0.29) is 5.91 Å². The predicted molar refractivity (Wildman–Crippen MR) is 92.4 cm³/mol. The Morgan fingerprint density at radius 1 is 1.30 bits per heavy atom. The van der Waals surface area contributed by atoms with Crippen LogP contribution >= 0.6 is 38.5 Å². The summed E-state index contributed by atoms with van der Waals surface area (Å²) in [5.41, 5.74) is 1.32. The van der Waals surface area contributed by atoms with Crippen molar-refractivity contribution in [3.8, 4) is 5.75 Å². The summed E-state index contributed by atoms with van der Waals surface area (Å²) in [5, 5.41) is 2.87. The Morgan fingerprint density at radius 2 is 2.10 bits per heavy atom. The van der Waals surface area contributed by atoms with Crippen LogP contribution in [0.2, 0.25) is 0 Å². The van der Waals surface area contributed by atoms with Crippen LogP contribution in [0.4, 0.5) is 5.69 Å². The van der Waals surface area contributed by atoms with E-state index in [1.165, 1.54) is 0 Å². The third-order valence-corrected chi connectivity index (χ3v) is 3.94. The van der Waals surface area contributed by atoms with Crippen molar-refractivity contribution in [3.63, 3.8) is 0 Å². The Bertz CT molecular complexity index is 631. The first-order chi connectivity index (χ1) is 9.60. The fourth-order valence-corrected chi connectivity index (χ4v) is 2.62. The summed E-state index contributed by atoms with van der Waals surface area (Å²) in [6.45, 7) is 2.52. The SMILES string of the molecule is CCOc1cccc(NC(=O)c2cc(I)ccc2Br)c1. The molecule has 0 aliphatic rings. The number of amides is 1. The summed E-state index contributed by atoms with van der Waals surface area (Å²) in [7, 11) is 0.